The van der Waals surface area contributed by atoms with Crippen molar-refractivity contribution >= 4 is 23.5 Å². The third kappa shape index (κ3) is 5.06. The summed E-state index contributed by atoms with van der Waals surface area (Å²) in [4.78, 5) is 25.2. The van der Waals surface area contributed by atoms with E-state index >= 15 is 0 Å². The Morgan fingerprint density at radius 1 is 1.00 bits per heavy atom. The number of methoxy groups -OCH3 is 2. The minimum absolute atomic E-state index is 0.133. The van der Waals surface area contributed by atoms with E-state index in [0.717, 1.165) is 36.2 Å². The molecule has 40 heavy (non-hydrogen) atoms. The molecule has 0 heterocycles. The molecule has 5 rings (SSSR count). The second-order valence-corrected chi connectivity index (χ2v) is 14.0. The van der Waals surface area contributed by atoms with Crippen LogP contribution in [0.3, 0.4) is 0 Å². The number of carbonyl (C=O) groups is 2. The fourth-order valence-corrected chi connectivity index (χ4v) is 9.98. The van der Waals surface area contributed by atoms with E-state index in [-0.39, 0.29) is 11.3 Å². The van der Waals surface area contributed by atoms with Crippen molar-refractivity contribution in [3.05, 3.63) is 53.6 Å². The van der Waals surface area contributed by atoms with Crippen LogP contribution in [0.4, 0.5) is 9.59 Å². The molecule has 0 spiro atoms. The SMILES string of the molecule is COC(=O)OC1CC2=CC=C3[C@@H]4CC[C@H](C(C)C[S+]([O-])c5ccccc5)[C@@]4(C)CC[C@@H]3[C@@]2(C)C(OC(=O)OC)C1. The molecule has 0 aromatic heterocycles. The average Bonchev–Trinajstić information content (AvgIpc) is 3.31. The summed E-state index contributed by atoms with van der Waals surface area (Å²) in [6, 6.07) is 9.79. The lowest BCUT2D eigenvalue weighted by Crippen LogP contribution is -2.54. The van der Waals surface area contributed by atoms with Crippen LogP contribution in [0.25, 0.3) is 0 Å². The van der Waals surface area contributed by atoms with Gasteiger partial charge in [0.15, 0.2) is 4.90 Å². The van der Waals surface area contributed by atoms with Gasteiger partial charge in [0.1, 0.15) is 18.0 Å². The number of rotatable bonds is 6. The summed E-state index contributed by atoms with van der Waals surface area (Å²) >= 11 is -1.01. The van der Waals surface area contributed by atoms with Gasteiger partial charge in [-0.1, -0.05) is 62.3 Å². The summed E-state index contributed by atoms with van der Waals surface area (Å²) in [5, 5.41) is 0. The van der Waals surface area contributed by atoms with Crippen molar-refractivity contribution in [1.29, 1.82) is 0 Å². The van der Waals surface area contributed by atoms with E-state index in [1.54, 1.807) is 0 Å². The molecule has 8 heteroatoms. The zero-order valence-electron chi connectivity index (χ0n) is 24.2. The van der Waals surface area contributed by atoms with Crippen LogP contribution in [0.5, 0.6) is 0 Å². The van der Waals surface area contributed by atoms with Gasteiger partial charge in [0, 0.05) is 24.2 Å². The lowest BCUT2D eigenvalue weighted by atomic mass is 9.49. The first-order valence-electron chi connectivity index (χ1n) is 14.5. The standard InChI is InChI=1S/C32H42O7S/c1-20(19-40(35)23-9-7-6-8-10-23)25-13-14-26-24-12-11-21-17-22(38-29(33)36-4)18-28(39-30(34)37-5)32(21,3)27(24)15-16-31(25,26)2/h6-12,20,22,25-28H,13-19H2,1-5H3/t20?,22?,25-,26+,27+,28?,31-,32+,40?/m1/s1. The maximum atomic E-state index is 13.2. The number of benzene rings is 1. The molecule has 4 unspecified atom stereocenters. The van der Waals surface area contributed by atoms with E-state index in [1.165, 1.54) is 19.8 Å². The molecular weight excluding hydrogens is 528 g/mol. The Labute approximate surface area is 240 Å². The molecule has 7 nitrogen and oxygen atoms in total. The Balaban J connectivity index is 1.39. The average molecular weight is 571 g/mol. The Hall–Kier alpha value is -2.45. The summed E-state index contributed by atoms with van der Waals surface area (Å²) < 4.78 is 34.2. The molecule has 0 aliphatic heterocycles. The van der Waals surface area contributed by atoms with Gasteiger partial charge < -0.3 is 23.5 Å². The molecule has 1 aromatic rings. The lowest BCUT2D eigenvalue weighted by Gasteiger charge is -2.57. The Morgan fingerprint density at radius 3 is 2.40 bits per heavy atom. The largest absolute Gasteiger partial charge is 0.611 e. The zero-order valence-corrected chi connectivity index (χ0v) is 25.0. The molecule has 0 amide bonds. The highest BCUT2D eigenvalue weighted by Gasteiger charge is 2.60. The van der Waals surface area contributed by atoms with Crippen LogP contribution in [0.1, 0.15) is 59.3 Å². The Morgan fingerprint density at radius 2 is 1.70 bits per heavy atom. The first-order valence-corrected chi connectivity index (χ1v) is 15.8. The predicted molar refractivity (Wildman–Crippen MR) is 152 cm³/mol. The molecule has 0 saturated heterocycles. The highest BCUT2D eigenvalue weighted by molar-refractivity contribution is 7.91. The number of allylic oxidation sites excluding steroid dienone is 3. The highest BCUT2D eigenvalue weighted by Crippen LogP contribution is 2.66. The van der Waals surface area contributed by atoms with E-state index < -0.39 is 41.1 Å². The Kier molecular flexibility index (Phi) is 8.31. The van der Waals surface area contributed by atoms with Crippen LogP contribution in [0, 0.1) is 34.5 Å². The molecule has 0 radical (unpaired) electrons. The fraction of sp³-hybridized carbons (Fsp3) is 0.625. The van der Waals surface area contributed by atoms with Gasteiger partial charge in [-0.15, -0.1) is 0 Å². The van der Waals surface area contributed by atoms with E-state index in [4.69, 9.17) is 18.9 Å². The Bertz CT molecular complexity index is 1170. The molecule has 0 N–H and O–H groups in total. The maximum absolute atomic E-state index is 13.2. The number of hydrogen-bond acceptors (Lipinski definition) is 7. The third-order valence-electron chi connectivity index (χ3n) is 10.6. The fourth-order valence-electron chi connectivity index (χ4n) is 8.61. The molecule has 1 aromatic carbocycles. The molecule has 3 fully saturated rings. The first-order chi connectivity index (χ1) is 19.1. The topological polar surface area (TPSA) is 94.1 Å². The third-order valence-corrected chi connectivity index (χ3v) is 12.2. The van der Waals surface area contributed by atoms with E-state index in [0.29, 0.717) is 36.3 Å². The van der Waals surface area contributed by atoms with Crippen LogP contribution in [-0.4, -0.2) is 49.0 Å². The molecule has 9 atom stereocenters. The van der Waals surface area contributed by atoms with Crippen molar-refractivity contribution in [2.45, 2.75) is 76.4 Å². The van der Waals surface area contributed by atoms with Crippen molar-refractivity contribution in [2.24, 2.45) is 34.5 Å². The van der Waals surface area contributed by atoms with E-state index in [9.17, 15) is 14.1 Å². The van der Waals surface area contributed by atoms with E-state index in [2.05, 4.69) is 32.9 Å². The normalized spacial score (nSPS) is 36.0. The molecule has 4 aliphatic carbocycles. The van der Waals surface area contributed by atoms with Gasteiger partial charge in [0.05, 0.1) is 14.2 Å². The van der Waals surface area contributed by atoms with Gasteiger partial charge >= 0.3 is 12.3 Å². The maximum Gasteiger partial charge on any atom is 0.508 e. The molecular formula is C32H42O7S. The van der Waals surface area contributed by atoms with Gasteiger partial charge in [-0.2, -0.15) is 0 Å². The number of hydrogen-bond donors (Lipinski definition) is 0. The van der Waals surface area contributed by atoms with Crippen molar-refractivity contribution < 1.29 is 33.1 Å². The van der Waals surface area contributed by atoms with Crippen molar-refractivity contribution in [3.63, 3.8) is 0 Å². The van der Waals surface area contributed by atoms with Crippen molar-refractivity contribution in [2.75, 3.05) is 20.0 Å². The van der Waals surface area contributed by atoms with Gasteiger partial charge in [-0.3, -0.25) is 0 Å². The summed E-state index contributed by atoms with van der Waals surface area (Å²) in [7, 11) is 2.61. The monoisotopic (exact) mass is 570 g/mol. The van der Waals surface area contributed by atoms with Crippen LogP contribution >= 0.6 is 0 Å². The summed E-state index contributed by atoms with van der Waals surface area (Å²) in [5.41, 5.74) is 2.31. The number of ether oxygens (including phenoxy) is 4. The minimum atomic E-state index is -1.01. The van der Waals surface area contributed by atoms with E-state index in [1.807, 2.05) is 30.3 Å². The molecule has 0 bridgehead atoms. The predicted octanol–water partition coefficient (Wildman–Crippen LogP) is 6.84. The van der Waals surface area contributed by atoms with Crippen LogP contribution < -0.4 is 0 Å². The number of fused-ring (bicyclic) bond motifs is 5. The van der Waals surface area contributed by atoms with Crippen molar-refractivity contribution in [1.82, 2.24) is 0 Å². The molecule has 218 valence electrons. The lowest BCUT2D eigenvalue weighted by molar-refractivity contribution is -0.0829. The van der Waals surface area contributed by atoms with Gasteiger partial charge in [-0.05, 0) is 72.2 Å². The zero-order chi connectivity index (χ0) is 28.7. The smallest absolute Gasteiger partial charge is 0.508 e. The van der Waals surface area contributed by atoms with Crippen molar-refractivity contribution in [3.8, 4) is 0 Å². The van der Waals surface area contributed by atoms with Crippen LogP contribution in [0.2, 0.25) is 0 Å². The molecule has 3 saturated carbocycles. The second-order valence-electron chi connectivity index (χ2n) is 12.5. The van der Waals surface area contributed by atoms with Gasteiger partial charge in [-0.25, -0.2) is 9.59 Å². The summed E-state index contributed by atoms with van der Waals surface area (Å²) in [6.45, 7) is 6.93. The minimum Gasteiger partial charge on any atom is -0.611 e. The molecule has 4 aliphatic rings. The first kappa shape index (κ1) is 29.1. The highest BCUT2D eigenvalue weighted by atomic mass is 32.2. The van der Waals surface area contributed by atoms with Crippen LogP contribution in [-0.2, 0) is 30.1 Å². The summed E-state index contributed by atoms with van der Waals surface area (Å²) in [6.07, 6.45) is 7.38. The van der Waals surface area contributed by atoms with Gasteiger partial charge in [0.2, 0.25) is 0 Å². The van der Waals surface area contributed by atoms with Crippen LogP contribution in [0.15, 0.2) is 58.5 Å². The second kappa shape index (κ2) is 11.4. The van der Waals surface area contributed by atoms with Gasteiger partial charge in [0.25, 0.3) is 0 Å². The summed E-state index contributed by atoms with van der Waals surface area (Å²) in [5.74, 6) is 2.18. The quantitative estimate of drug-likeness (QED) is 0.273. The number of carbonyl (C=O) groups excluding carboxylic acids is 2.